The molecule has 2 heterocycles. The Bertz CT molecular complexity index is 1010. The standard InChI is InChI=1S/C21H23N3O4.ClH/c1-5-10-28-21(25)16-12-22-20-15(8-6-13(2)23-20)19(16)24-17-11-14(26-3)7-9-18(17)27-4;/h6-9,11-12H,5,10H2,1-4H3,(H,22,23,24);1H. The number of benzene rings is 1. The molecule has 0 bridgehead atoms. The second-order valence-corrected chi connectivity index (χ2v) is 6.20. The zero-order valence-corrected chi connectivity index (χ0v) is 17.6. The van der Waals surface area contributed by atoms with Gasteiger partial charge in [0.2, 0.25) is 0 Å². The molecular formula is C21H24ClN3O4. The average molecular weight is 418 g/mol. The van der Waals surface area contributed by atoms with Crippen LogP contribution in [0.2, 0.25) is 0 Å². The van der Waals surface area contributed by atoms with Crippen molar-refractivity contribution in [1.82, 2.24) is 9.97 Å². The monoisotopic (exact) mass is 417 g/mol. The van der Waals surface area contributed by atoms with Gasteiger partial charge >= 0.3 is 5.97 Å². The first kappa shape index (κ1) is 22.2. The van der Waals surface area contributed by atoms with Crippen molar-refractivity contribution in [1.29, 1.82) is 0 Å². The van der Waals surface area contributed by atoms with Crippen LogP contribution in [0.4, 0.5) is 11.4 Å². The number of ether oxygens (including phenoxy) is 3. The van der Waals surface area contributed by atoms with Crippen molar-refractivity contribution in [2.24, 2.45) is 0 Å². The van der Waals surface area contributed by atoms with E-state index in [1.807, 2.05) is 26.0 Å². The van der Waals surface area contributed by atoms with Crippen LogP contribution in [0.5, 0.6) is 11.5 Å². The molecular weight excluding hydrogens is 394 g/mol. The van der Waals surface area contributed by atoms with E-state index in [0.29, 0.717) is 46.1 Å². The Balaban J connectivity index is 0.00000300. The summed E-state index contributed by atoms with van der Waals surface area (Å²) in [5, 5.41) is 4.01. The molecule has 0 aliphatic rings. The number of anilines is 2. The molecule has 0 radical (unpaired) electrons. The van der Waals surface area contributed by atoms with E-state index in [0.717, 1.165) is 12.1 Å². The fourth-order valence-corrected chi connectivity index (χ4v) is 2.78. The molecule has 0 spiro atoms. The lowest BCUT2D eigenvalue weighted by molar-refractivity contribution is 0.0506. The minimum Gasteiger partial charge on any atom is -0.497 e. The molecule has 3 rings (SSSR count). The van der Waals surface area contributed by atoms with Crippen molar-refractivity contribution < 1.29 is 19.0 Å². The number of carbonyl (C=O) groups excluding carboxylic acids is 1. The molecule has 0 amide bonds. The van der Waals surface area contributed by atoms with E-state index in [2.05, 4.69) is 15.3 Å². The molecule has 1 aromatic carbocycles. The summed E-state index contributed by atoms with van der Waals surface area (Å²) in [6.07, 6.45) is 2.22. The number of nitrogens with zero attached hydrogens (tertiary/aromatic N) is 2. The van der Waals surface area contributed by atoms with Crippen LogP contribution in [-0.4, -0.2) is 36.8 Å². The maximum Gasteiger partial charge on any atom is 0.341 e. The lowest BCUT2D eigenvalue weighted by atomic mass is 10.1. The summed E-state index contributed by atoms with van der Waals surface area (Å²) in [6, 6.07) is 9.15. The number of aryl methyl sites for hydroxylation is 1. The minimum absolute atomic E-state index is 0. The van der Waals surface area contributed by atoms with E-state index in [-0.39, 0.29) is 12.4 Å². The van der Waals surface area contributed by atoms with Gasteiger partial charge < -0.3 is 19.5 Å². The number of rotatable bonds is 7. The number of hydrogen-bond donors (Lipinski definition) is 1. The number of esters is 1. The Morgan fingerprint density at radius 2 is 1.93 bits per heavy atom. The maximum atomic E-state index is 12.6. The van der Waals surface area contributed by atoms with E-state index in [1.54, 1.807) is 32.4 Å². The highest BCUT2D eigenvalue weighted by atomic mass is 35.5. The number of hydrogen-bond acceptors (Lipinski definition) is 7. The Kier molecular flexibility index (Phi) is 7.61. The first-order valence-corrected chi connectivity index (χ1v) is 9.00. The van der Waals surface area contributed by atoms with Gasteiger partial charge in [-0.3, -0.25) is 0 Å². The quantitative estimate of drug-likeness (QED) is 0.558. The van der Waals surface area contributed by atoms with Gasteiger partial charge in [-0.1, -0.05) is 6.92 Å². The number of halogens is 1. The summed E-state index contributed by atoms with van der Waals surface area (Å²) in [5.74, 6) is 0.825. The van der Waals surface area contributed by atoms with Gasteiger partial charge in [0.05, 0.1) is 32.2 Å². The predicted octanol–water partition coefficient (Wildman–Crippen LogP) is 4.69. The van der Waals surface area contributed by atoms with Crippen LogP contribution < -0.4 is 14.8 Å². The van der Waals surface area contributed by atoms with Gasteiger partial charge in [-0.05, 0) is 37.6 Å². The molecule has 3 aromatic rings. The molecule has 29 heavy (non-hydrogen) atoms. The van der Waals surface area contributed by atoms with Crippen LogP contribution in [0.3, 0.4) is 0 Å². The largest absolute Gasteiger partial charge is 0.497 e. The second-order valence-electron chi connectivity index (χ2n) is 6.20. The third-order valence-corrected chi connectivity index (χ3v) is 4.19. The number of nitrogens with one attached hydrogen (secondary N) is 1. The Hall–Kier alpha value is -3.06. The number of aromatic nitrogens is 2. The number of methoxy groups -OCH3 is 2. The van der Waals surface area contributed by atoms with Gasteiger partial charge in [0.25, 0.3) is 0 Å². The van der Waals surface area contributed by atoms with Crippen molar-refractivity contribution in [3.05, 3.63) is 47.8 Å². The number of pyridine rings is 2. The molecule has 8 heteroatoms. The van der Waals surface area contributed by atoms with E-state index >= 15 is 0 Å². The van der Waals surface area contributed by atoms with Crippen LogP contribution in [0.25, 0.3) is 11.0 Å². The Morgan fingerprint density at radius 3 is 2.62 bits per heavy atom. The summed E-state index contributed by atoms with van der Waals surface area (Å²) in [5.41, 5.74) is 2.92. The average Bonchev–Trinajstić information content (AvgIpc) is 2.71. The van der Waals surface area contributed by atoms with Gasteiger partial charge in [0, 0.05) is 23.3 Å². The van der Waals surface area contributed by atoms with Gasteiger partial charge in [-0.2, -0.15) is 0 Å². The molecule has 0 atom stereocenters. The second kappa shape index (κ2) is 9.93. The number of fused-ring (bicyclic) bond motifs is 1. The minimum atomic E-state index is -0.443. The van der Waals surface area contributed by atoms with E-state index in [4.69, 9.17) is 14.2 Å². The third kappa shape index (κ3) is 4.86. The van der Waals surface area contributed by atoms with Gasteiger partial charge in [-0.25, -0.2) is 14.8 Å². The Labute approximate surface area is 175 Å². The summed E-state index contributed by atoms with van der Waals surface area (Å²) in [6.45, 7) is 4.17. The topological polar surface area (TPSA) is 82.6 Å². The fourth-order valence-electron chi connectivity index (χ4n) is 2.78. The van der Waals surface area contributed by atoms with Crippen molar-refractivity contribution in [2.45, 2.75) is 20.3 Å². The van der Waals surface area contributed by atoms with Crippen LogP contribution in [-0.2, 0) is 4.74 Å². The molecule has 0 saturated heterocycles. The zero-order valence-electron chi connectivity index (χ0n) is 16.8. The summed E-state index contributed by atoms with van der Waals surface area (Å²) >= 11 is 0. The smallest absolute Gasteiger partial charge is 0.341 e. The molecule has 0 aliphatic heterocycles. The van der Waals surface area contributed by atoms with Crippen LogP contribution in [0.15, 0.2) is 36.5 Å². The molecule has 0 saturated carbocycles. The number of carbonyl (C=O) groups is 1. The summed E-state index contributed by atoms with van der Waals surface area (Å²) in [4.78, 5) is 21.4. The maximum absolute atomic E-state index is 12.6. The first-order chi connectivity index (χ1) is 13.6. The summed E-state index contributed by atoms with van der Waals surface area (Å²) in [7, 11) is 3.17. The highest BCUT2D eigenvalue weighted by Crippen LogP contribution is 2.35. The highest BCUT2D eigenvalue weighted by molar-refractivity contribution is 6.05. The van der Waals surface area contributed by atoms with Crippen LogP contribution in [0, 0.1) is 6.92 Å². The lowest BCUT2D eigenvalue weighted by Crippen LogP contribution is -2.10. The molecule has 0 unspecified atom stereocenters. The van der Waals surface area contributed by atoms with Gasteiger partial charge in [0.15, 0.2) is 5.65 Å². The predicted molar refractivity (Wildman–Crippen MR) is 115 cm³/mol. The SMILES string of the molecule is CCCOC(=O)c1cnc2nc(C)ccc2c1Nc1cc(OC)ccc1OC.Cl. The van der Waals surface area contributed by atoms with Crippen molar-refractivity contribution >= 4 is 40.8 Å². The van der Waals surface area contributed by atoms with Crippen molar-refractivity contribution in [2.75, 3.05) is 26.1 Å². The lowest BCUT2D eigenvalue weighted by Gasteiger charge is -2.17. The summed E-state index contributed by atoms with van der Waals surface area (Å²) < 4.78 is 16.1. The zero-order chi connectivity index (χ0) is 20.1. The highest BCUT2D eigenvalue weighted by Gasteiger charge is 2.19. The molecule has 1 N–H and O–H groups in total. The van der Waals surface area contributed by atoms with Crippen LogP contribution >= 0.6 is 12.4 Å². The van der Waals surface area contributed by atoms with E-state index in [1.165, 1.54) is 6.20 Å². The van der Waals surface area contributed by atoms with E-state index < -0.39 is 5.97 Å². The third-order valence-electron chi connectivity index (χ3n) is 4.19. The molecule has 0 fully saturated rings. The fraction of sp³-hybridized carbons (Fsp3) is 0.286. The van der Waals surface area contributed by atoms with Crippen LogP contribution in [0.1, 0.15) is 29.4 Å². The first-order valence-electron chi connectivity index (χ1n) is 9.00. The molecule has 7 nitrogen and oxygen atoms in total. The van der Waals surface area contributed by atoms with Crippen molar-refractivity contribution in [3.63, 3.8) is 0 Å². The van der Waals surface area contributed by atoms with Crippen molar-refractivity contribution in [3.8, 4) is 11.5 Å². The van der Waals surface area contributed by atoms with E-state index in [9.17, 15) is 4.79 Å². The van der Waals surface area contributed by atoms with Gasteiger partial charge in [0.1, 0.15) is 17.1 Å². The Morgan fingerprint density at radius 1 is 1.14 bits per heavy atom. The molecule has 0 aliphatic carbocycles. The van der Waals surface area contributed by atoms with Gasteiger partial charge in [-0.15, -0.1) is 12.4 Å². The molecule has 154 valence electrons. The molecule has 2 aromatic heterocycles. The normalized spacial score (nSPS) is 10.2.